The standard InChI is InChI=1S/C12H10ClF3N2O/c1-6-5-9(13)18-11-8(3-4-17-10(6)11)19-7(2)12(14,15)16/h3-5,7H,1-2H3. The molecule has 1 atom stereocenters. The number of halogens is 4. The summed E-state index contributed by atoms with van der Waals surface area (Å²) in [6, 6.07) is 2.93. The lowest BCUT2D eigenvalue weighted by Gasteiger charge is -2.18. The summed E-state index contributed by atoms with van der Waals surface area (Å²) in [5, 5.41) is 0.183. The molecule has 0 amide bonds. The van der Waals surface area contributed by atoms with Gasteiger partial charge in [0.15, 0.2) is 6.10 Å². The van der Waals surface area contributed by atoms with Crippen LogP contribution in [0.2, 0.25) is 5.15 Å². The average Bonchev–Trinajstić information content (AvgIpc) is 2.28. The molecular formula is C12H10ClF3N2O. The van der Waals surface area contributed by atoms with Gasteiger partial charge in [0.25, 0.3) is 0 Å². The number of hydrogen-bond acceptors (Lipinski definition) is 3. The molecule has 2 aromatic rings. The molecule has 2 aromatic heterocycles. The molecule has 0 spiro atoms. The van der Waals surface area contributed by atoms with Gasteiger partial charge in [0.05, 0.1) is 5.52 Å². The van der Waals surface area contributed by atoms with E-state index in [1.165, 1.54) is 12.3 Å². The third-order valence-electron chi connectivity index (χ3n) is 2.58. The molecule has 0 fully saturated rings. The molecule has 0 N–H and O–H groups in total. The number of aryl methyl sites for hydroxylation is 1. The van der Waals surface area contributed by atoms with Crippen molar-refractivity contribution in [2.75, 3.05) is 0 Å². The van der Waals surface area contributed by atoms with E-state index in [-0.39, 0.29) is 16.4 Å². The zero-order valence-electron chi connectivity index (χ0n) is 10.1. The molecule has 7 heteroatoms. The summed E-state index contributed by atoms with van der Waals surface area (Å²) in [7, 11) is 0. The molecule has 0 saturated carbocycles. The fourth-order valence-electron chi connectivity index (χ4n) is 1.57. The first-order valence-corrected chi connectivity index (χ1v) is 5.82. The van der Waals surface area contributed by atoms with Crippen molar-refractivity contribution in [3.05, 3.63) is 29.0 Å². The summed E-state index contributed by atoms with van der Waals surface area (Å²) in [5.74, 6) is 0.0143. The van der Waals surface area contributed by atoms with Gasteiger partial charge in [0.2, 0.25) is 0 Å². The van der Waals surface area contributed by atoms with Crippen LogP contribution in [-0.2, 0) is 0 Å². The van der Waals surface area contributed by atoms with Crippen LogP contribution >= 0.6 is 11.6 Å². The fraction of sp³-hybridized carbons (Fsp3) is 0.333. The molecular weight excluding hydrogens is 281 g/mol. The molecule has 0 bridgehead atoms. The summed E-state index contributed by atoms with van der Waals surface area (Å²) in [6.45, 7) is 2.68. The predicted molar refractivity (Wildman–Crippen MR) is 65.4 cm³/mol. The van der Waals surface area contributed by atoms with E-state index in [2.05, 4.69) is 9.97 Å². The van der Waals surface area contributed by atoms with Crippen LogP contribution in [0.1, 0.15) is 12.5 Å². The first-order chi connectivity index (χ1) is 8.79. The normalized spacial score (nSPS) is 13.6. The van der Waals surface area contributed by atoms with Crippen LogP contribution in [0.25, 0.3) is 11.0 Å². The average molecular weight is 291 g/mol. The van der Waals surface area contributed by atoms with Crippen LogP contribution in [0.15, 0.2) is 18.3 Å². The lowest BCUT2D eigenvalue weighted by Crippen LogP contribution is -2.31. The molecule has 2 rings (SSSR count). The molecule has 0 aliphatic rings. The Kier molecular flexibility index (Phi) is 3.54. The highest BCUT2D eigenvalue weighted by Crippen LogP contribution is 2.30. The molecule has 0 aromatic carbocycles. The maximum atomic E-state index is 12.5. The summed E-state index contributed by atoms with van der Waals surface area (Å²) < 4.78 is 42.4. The smallest absolute Gasteiger partial charge is 0.425 e. The lowest BCUT2D eigenvalue weighted by atomic mass is 10.2. The Morgan fingerprint density at radius 3 is 2.63 bits per heavy atom. The van der Waals surface area contributed by atoms with E-state index in [1.807, 2.05) is 0 Å². The lowest BCUT2D eigenvalue weighted by molar-refractivity contribution is -0.189. The number of nitrogens with zero attached hydrogens (tertiary/aromatic N) is 2. The quantitative estimate of drug-likeness (QED) is 0.786. The highest BCUT2D eigenvalue weighted by Gasteiger charge is 2.38. The van der Waals surface area contributed by atoms with Crippen molar-refractivity contribution >= 4 is 22.6 Å². The van der Waals surface area contributed by atoms with Crippen LogP contribution in [0.4, 0.5) is 13.2 Å². The van der Waals surface area contributed by atoms with Crippen molar-refractivity contribution in [2.24, 2.45) is 0 Å². The van der Waals surface area contributed by atoms with Gasteiger partial charge in [0, 0.05) is 12.3 Å². The Hall–Kier alpha value is -1.56. The van der Waals surface area contributed by atoms with Gasteiger partial charge in [0.1, 0.15) is 16.4 Å². The molecule has 0 aliphatic heterocycles. The van der Waals surface area contributed by atoms with Crippen LogP contribution in [0.3, 0.4) is 0 Å². The van der Waals surface area contributed by atoms with Gasteiger partial charge in [-0.05, 0) is 25.5 Å². The maximum absolute atomic E-state index is 12.5. The van der Waals surface area contributed by atoms with Crippen LogP contribution in [0.5, 0.6) is 5.75 Å². The Morgan fingerprint density at radius 2 is 2.00 bits per heavy atom. The van der Waals surface area contributed by atoms with E-state index in [4.69, 9.17) is 16.3 Å². The third kappa shape index (κ3) is 2.89. The monoisotopic (exact) mass is 290 g/mol. The second-order valence-electron chi connectivity index (χ2n) is 4.07. The molecule has 2 heterocycles. The van der Waals surface area contributed by atoms with Gasteiger partial charge in [-0.25, -0.2) is 4.98 Å². The summed E-state index contributed by atoms with van der Waals surface area (Å²) in [5.41, 5.74) is 1.42. The van der Waals surface area contributed by atoms with Crippen molar-refractivity contribution in [1.29, 1.82) is 0 Å². The van der Waals surface area contributed by atoms with Crippen LogP contribution < -0.4 is 4.74 Å². The minimum atomic E-state index is -4.44. The first kappa shape index (κ1) is 13.9. The fourth-order valence-corrected chi connectivity index (χ4v) is 1.82. The minimum Gasteiger partial charge on any atom is -0.479 e. The van der Waals surface area contributed by atoms with E-state index < -0.39 is 12.3 Å². The summed E-state index contributed by atoms with van der Waals surface area (Å²) in [4.78, 5) is 8.05. The number of fused-ring (bicyclic) bond motifs is 1. The zero-order valence-corrected chi connectivity index (χ0v) is 10.9. The Bertz CT molecular complexity index is 616. The molecule has 0 aliphatic carbocycles. The van der Waals surface area contributed by atoms with E-state index in [9.17, 15) is 13.2 Å². The Morgan fingerprint density at radius 1 is 1.32 bits per heavy atom. The minimum absolute atomic E-state index is 0.0143. The first-order valence-electron chi connectivity index (χ1n) is 5.44. The predicted octanol–water partition coefficient (Wildman–Crippen LogP) is 3.92. The van der Waals surface area contributed by atoms with Gasteiger partial charge in [-0.3, -0.25) is 4.98 Å². The Labute approximate surface area is 112 Å². The van der Waals surface area contributed by atoms with E-state index in [1.54, 1.807) is 13.0 Å². The van der Waals surface area contributed by atoms with Crippen molar-refractivity contribution in [3.8, 4) is 5.75 Å². The van der Waals surface area contributed by atoms with Crippen molar-refractivity contribution < 1.29 is 17.9 Å². The molecule has 0 radical (unpaired) electrons. The topological polar surface area (TPSA) is 35.0 Å². The Balaban J connectivity index is 2.50. The number of hydrogen-bond donors (Lipinski definition) is 0. The molecule has 3 nitrogen and oxygen atoms in total. The van der Waals surface area contributed by atoms with Crippen LogP contribution in [-0.4, -0.2) is 22.2 Å². The van der Waals surface area contributed by atoms with Gasteiger partial charge in [-0.2, -0.15) is 13.2 Å². The second-order valence-corrected chi connectivity index (χ2v) is 4.46. The van der Waals surface area contributed by atoms with E-state index in [0.717, 1.165) is 12.5 Å². The number of aromatic nitrogens is 2. The highest BCUT2D eigenvalue weighted by molar-refractivity contribution is 6.29. The van der Waals surface area contributed by atoms with Crippen molar-refractivity contribution in [1.82, 2.24) is 9.97 Å². The largest absolute Gasteiger partial charge is 0.479 e. The highest BCUT2D eigenvalue weighted by atomic mass is 35.5. The van der Waals surface area contributed by atoms with Gasteiger partial charge in [-0.15, -0.1) is 0 Å². The second kappa shape index (κ2) is 4.85. The zero-order chi connectivity index (χ0) is 14.2. The summed E-state index contributed by atoms with van der Waals surface area (Å²) in [6.07, 6.45) is -4.99. The molecule has 0 saturated heterocycles. The van der Waals surface area contributed by atoms with Crippen LogP contribution in [0, 0.1) is 6.92 Å². The number of pyridine rings is 2. The van der Waals surface area contributed by atoms with Gasteiger partial charge in [-0.1, -0.05) is 11.6 Å². The SMILES string of the molecule is Cc1cc(Cl)nc2c(OC(C)C(F)(F)F)ccnc12. The van der Waals surface area contributed by atoms with E-state index >= 15 is 0 Å². The third-order valence-corrected chi connectivity index (χ3v) is 2.77. The van der Waals surface area contributed by atoms with Gasteiger partial charge >= 0.3 is 6.18 Å². The number of alkyl halides is 3. The molecule has 102 valence electrons. The molecule has 1 unspecified atom stereocenters. The molecule has 19 heavy (non-hydrogen) atoms. The van der Waals surface area contributed by atoms with E-state index in [0.29, 0.717) is 5.52 Å². The number of rotatable bonds is 2. The van der Waals surface area contributed by atoms with Gasteiger partial charge < -0.3 is 4.74 Å². The maximum Gasteiger partial charge on any atom is 0.425 e. The van der Waals surface area contributed by atoms with Crippen molar-refractivity contribution in [3.63, 3.8) is 0 Å². The summed E-state index contributed by atoms with van der Waals surface area (Å²) >= 11 is 5.81. The number of ether oxygens (including phenoxy) is 1. The van der Waals surface area contributed by atoms with Crippen molar-refractivity contribution in [2.45, 2.75) is 26.1 Å².